The van der Waals surface area contributed by atoms with Gasteiger partial charge in [-0.2, -0.15) is 0 Å². The molecule has 0 bridgehead atoms. The zero-order chi connectivity index (χ0) is 16.2. The number of hydrogen-bond acceptors (Lipinski definition) is 4. The molecule has 1 atom stereocenters. The molecule has 0 saturated carbocycles. The average molecular weight is 376 g/mol. The molecule has 2 aromatic rings. The van der Waals surface area contributed by atoms with E-state index in [4.69, 9.17) is 4.74 Å². The lowest BCUT2D eigenvalue weighted by atomic mass is 10.0. The Morgan fingerprint density at radius 1 is 1.35 bits per heavy atom. The molecule has 0 aliphatic carbocycles. The van der Waals surface area contributed by atoms with Crippen LogP contribution in [0.4, 0.5) is 11.5 Å². The third kappa shape index (κ3) is 3.64. The monoisotopic (exact) mass is 375 g/mol. The highest BCUT2D eigenvalue weighted by molar-refractivity contribution is 9.10. The first-order chi connectivity index (χ1) is 11.2. The Balaban J connectivity index is 1.76. The van der Waals surface area contributed by atoms with Gasteiger partial charge in [0.25, 0.3) is 0 Å². The Hall–Kier alpha value is -2.08. The Labute approximate surface area is 143 Å². The van der Waals surface area contributed by atoms with Gasteiger partial charge in [0.05, 0.1) is 7.11 Å². The number of aromatic nitrogens is 1. The fraction of sp³-hybridized carbons (Fsp3) is 0.294. The minimum Gasteiger partial charge on any atom is -0.497 e. The molecule has 1 aliphatic rings. The number of anilines is 2. The minimum absolute atomic E-state index is 0.0641. The van der Waals surface area contributed by atoms with Crippen molar-refractivity contribution >= 4 is 33.3 Å². The van der Waals surface area contributed by atoms with Crippen LogP contribution < -0.4 is 15.0 Å². The van der Waals surface area contributed by atoms with Crippen molar-refractivity contribution in [3.05, 3.63) is 47.1 Å². The predicted molar refractivity (Wildman–Crippen MR) is 93.9 cm³/mol. The molecule has 1 aliphatic heterocycles. The molecule has 1 aromatic heterocycles. The third-order valence-corrected chi connectivity index (χ3v) is 4.32. The number of benzene rings is 1. The summed E-state index contributed by atoms with van der Waals surface area (Å²) in [5.41, 5.74) is 0.865. The molecule has 5 nitrogen and oxygen atoms in total. The summed E-state index contributed by atoms with van der Waals surface area (Å²) in [4.78, 5) is 18.9. The molecule has 2 heterocycles. The summed E-state index contributed by atoms with van der Waals surface area (Å²) in [5, 5.41) is 3.23. The van der Waals surface area contributed by atoms with Crippen molar-refractivity contribution in [2.45, 2.75) is 18.9 Å². The fourth-order valence-corrected chi connectivity index (χ4v) is 2.92. The van der Waals surface area contributed by atoms with Gasteiger partial charge in [0, 0.05) is 29.0 Å². The van der Waals surface area contributed by atoms with Gasteiger partial charge in [-0.25, -0.2) is 4.98 Å². The quantitative estimate of drug-likeness (QED) is 0.888. The van der Waals surface area contributed by atoms with E-state index in [0.717, 1.165) is 35.3 Å². The number of pyridine rings is 1. The summed E-state index contributed by atoms with van der Waals surface area (Å²) in [7, 11) is 1.63. The smallest absolute Gasteiger partial charge is 0.249 e. The van der Waals surface area contributed by atoms with E-state index in [1.54, 1.807) is 13.3 Å². The lowest BCUT2D eigenvalue weighted by molar-refractivity contribution is -0.120. The molecular formula is C17H18BrN3O2. The second-order valence-corrected chi connectivity index (χ2v) is 6.31. The van der Waals surface area contributed by atoms with E-state index in [2.05, 4.69) is 26.2 Å². The molecule has 1 unspecified atom stereocenters. The molecule has 23 heavy (non-hydrogen) atoms. The molecule has 1 aromatic carbocycles. The van der Waals surface area contributed by atoms with Crippen LogP contribution in [0.3, 0.4) is 0 Å². The first-order valence-electron chi connectivity index (χ1n) is 7.51. The van der Waals surface area contributed by atoms with Gasteiger partial charge in [0.1, 0.15) is 17.6 Å². The summed E-state index contributed by atoms with van der Waals surface area (Å²) in [6.07, 6.45) is 3.46. The Morgan fingerprint density at radius 3 is 2.96 bits per heavy atom. The number of carbonyl (C=O) groups is 1. The predicted octanol–water partition coefficient (Wildman–Crippen LogP) is 3.46. The summed E-state index contributed by atoms with van der Waals surface area (Å²) in [5.74, 6) is 1.52. The van der Waals surface area contributed by atoms with Crippen LogP contribution >= 0.6 is 15.9 Å². The summed E-state index contributed by atoms with van der Waals surface area (Å²) in [6, 6.07) is 11.1. The maximum absolute atomic E-state index is 12.8. The van der Waals surface area contributed by atoms with Gasteiger partial charge < -0.3 is 15.0 Å². The van der Waals surface area contributed by atoms with Crippen molar-refractivity contribution in [3.8, 4) is 5.75 Å². The van der Waals surface area contributed by atoms with Crippen LogP contribution in [-0.4, -0.2) is 30.6 Å². The number of methoxy groups -OCH3 is 1. The van der Waals surface area contributed by atoms with E-state index in [-0.39, 0.29) is 11.9 Å². The van der Waals surface area contributed by atoms with Crippen LogP contribution in [-0.2, 0) is 4.79 Å². The topological polar surface area (TPSA) is 54.5 Å². The van der Waals surface area contributed by atoms with Crippen LogP contribution in [0.1, 0.15) is 12.8 Å². The van der Waals surface area contributed by atoms with Crippen molar-refractivity contribution in [2.75, 3.05) is 23.9 Å². The zero-order valence-electron chi connectivity index (χ0n) is 12.8. The third-order valence-electron chi connectivity index (χ3n) is 3.85. The van der Waals surface area contributed by atoms with Crippen LogP contribution in [0.15, 0.2) is 47.1 Å². The number of halogens is 1. The lowest BCUT2D eigenvalue weighted by Crippen LogP contribution is -2.47. The summed E-state index contributed by atoms with van der Waals surface area (Å²) >= 11 is 3.36. The highest BCUT2D eigenvalue weighted by Gasteiger charge is 2.30. The first kappa shape index (κ1) is 15.8. The molecule has 120 valence electrons. The van der Waals surface area contributed by atoms with Gasteiger partial charge in [-0.1, -0.05) is 6.07 Å². The van der Waals surface area contributed by atoms with E-state index in [9.17, 15) is 4.79 Å². The number of hydrogen-bond donors (Lipinski definition) is 1. The van der Waals surface area contributed by atoms with Gasteiger partial charge in [-0.05, 0) is 53.0 Å². The number of piperidine rings is 1. The van der Waals surface area contributed by atoms with Crippen LogP contribution in [0, 0.1) is 0 Å². The van der Waals surface area contributed by atoms with Gasteiger partial charge in [0.2, 0.25) is 5.91 Å². The van der Waals surface area contributed by atoms with Crippen LogP contribution in [0.25, 0.3) is 0 Å². The molecular weight excluding hydrogens is 358 g/mol. The minimum atomic E-state index is -0.261. The molecule has 3 rings (SSSR count). The van der Waals surface area contributed by atoms with Gasteiger partial charge >= 0.3 is 0 Å². The maximum atomic E-state index is 12.8. The number of amides is 1. The van der Waals surface area contributed by atoms with E-state index < -0.39 is 0 Å². The van der Waals surface area contributed by atoms with Crippen molar-refractivity contribution in [3.63, 3.8) is 0 Å². The number of rotatable bonds is 4. The molecule has 1 amide bonds. The second-order valence-electron chi connectivity index (χ2n) is 5.39. The zero-order valence-corrected chi connectivity index (χ0v) is 14.4. The normalized spacial score (nSPS) is 17.9. The fourth-order valence-electron chi connectivity index (χ4n) is 2.68. The molecule has 1 fully saturated rings. The summed E-state index contributed by atoms with van der Waals surface area (Å²) < 4.78 is 6.16. The number of carbonyl (C=O) groups excluding carboxylic acids is 1. The van der Waals surface area contributed by atoms with Crippen LogP contribution in [0.5, 0.6) is 5.75 Å². The molecule has 1 N–H and O–H groups in total. The average Bonchev–Trinajstić information content (AvgIpc) is 2.59. The Bertz CT molecular complexity index is 690. The number of nitrogens with zero attached hydrogens (tertiary/aromatic N) is 2. The van der Waals surface area contributed by atoms with E-state index in [1.807, 2.05) is 41.3 Å². The largest absolute Gasteiger partial charge is 0.497 e. The highest BCUT2D eigenvalue weighted by Crippen LogP contribution is 2.26. The number of nitrogens with one attached hydrogen (secondary N) is 1. The van der Waals surface area contributed by atoms with Gasteiger partial charge in [0.15, 0.2) is 0 Å². The SMILES string of the molecule is COc1cccc(N2CCCC(Nc3ccc(Br)cn3)C2=O)c1. The van der Waals surface area contributed by atoms with E-state index in [0.29, 0.717) is 5.82 Å². The standard InChI is InChI=1S/C17H18BrN3O2/c1-23-14-5-2-4-13(10-14)21-9-3-6-15(17(21)22)20-16-8-7-12(18)11-19-16/h2,4-5,7-8,10-11,15H,3,6,9H2,1H3,(H,19,20). The van der Waals surface area contributed by atoms with Crippen molar-refractivity contribution in [2.24, 2.45) is 0 Å². The van der Waals surface area contributed by atoms with E-state index >= 15 is 0 Å². The molecule has 0 spiro atoms. The molecule has 6 heteroatoms. The van der Waals surface area contributed by atoms with Crippen molar-refractivity contribution in [1.82, 2.24) is 4.98 Å². The van der Waals surface area contributed by atoms with Crippen LogP contribution in [0.2, 0.25) is 0 Å². The van der Waals surface area contributed by atoms with E-state index in [1.165, 1.54) is 0 Å². The summed E-state index contributed by atoms with van der Waals surface area (Å²) in [6.45, 7) is 0.720. The second kappa shape index (κ2) is 7.00. The van der Waals surface area contributed by atoms with Crippen molar-refractivity contribution < 1.29 is 9.53 Å². The first-order valence-corrected chi connectivity index (χ1v) is 8.30. The van der Waals surface area contributed by atoms with Crippen molar-refractivity contribution in [1.29, 1.82) is 0 Å². The molecule has 0 radical (unpaired) electrons. The Morgan fingerprint density at radius 2 is 2.22 bits per heavy atom. The number of ether oxygens (including phenoxy) is 1. The molecule has 1 saturated heterocycles. The Kier molecular flexibility index (Phi) is 4.81. The maximum Gasteiger partial charge on any atom is 0.249 e. The van der Waals surface area contributed by atoms with Gasteiger partial charge in [-0.15, -0.1) is 0 Å². The lowest BCUT2D eigenvalue weighted by Gasteiger charge is -2.33. The van der Waals surface area contributed by atoms with Gasteiger partial charge in [-0.3, -0.25) is 4.79 Å². The highest BCUT2D eigenvalue weighted by atomic mass is 79.9.